The fraction of sp³-hybridized carbons (Fsp3) is 0.222. The molecule has 0 aliphatic heterocycles. The van der Waals surface area contributed by atoms with E-state index in [-0.39, 0.29) is 18.0 Å². The number of aryl methyl sites for hydroxylation is 2. The van der Waals surface area contributed by atoms with E-state index in [4.69, 9.17) is 0 Å². The Kier molecular flexibility index (Phi) is 4.15. The number of carbonyl (C=O) groups excluding carboxylic acids is 1. The second-order valence-electron chi connectivity index (χ2n) is 5.90. The van der Waals surface area contributed by atoms with Crippen molar-refractivity contribution in [3.8, 4) is 11.3 Å². The Bertz CT molecular complexity index is 957. The van der Waals surface area contributed by atoms with E-state index in [1.54, 1.807) is 6.20 Å². The molecule has 2 aromatic heterocycles. The van der Waals surface area contributed by atoms with Crippen LogP contribution in [0.25, 0.3) is 11.3 Å². The second-order valence-corrected chi connectivity index (χ2v) is 6.98. The number of nitrogens with zero attached hydrogens (tertiary/aromatic N) is 3. The number of fused-ring (bicyclic) bond motifs is 1. The lowest BCUT2D eigenvalue weighted by Crippen LogP contribution is -2.27. The largest absolute Gasteiger partial charge is 0.303 e. The topological polar surface area (TPSA) is 76.9 Å². The molecule has 6 nitrogen and oxygen atoms in total. The first-order valence-electron chi connectivity index (χ1n) is 8.09. The van der Waals surface area contributed by atoms with Crippen molar-refractivity contribution in [2.45, 2.75) is 25.8 Å². The van der Waals surface area contributed by atoms with Crippen LogP contribution < -0.4 is 10.9 Å². The highest BCUT2D eigenvalue weighted by Gasteiger charge is 2.18. The lowest BCUT2D eigenvalue weighted by Gasteiger charge is -2.07. The molecule has 0 saturated heterocycles. The number of hydrogen-bond donors (Lipinski definition) is 1. The van der Waals surface area contributed by atoms with Gasteiger partial charge in [0, 0.05) is 16.6 Å². The van der Waals surface area contributed by atoms with Gasteiger partial charge in [0.2, 0.25) is 5.91 Å². The summed E-state index contributed by atoms with van der Waals surface area (Å²) < 4.78 is 1.37. The average molecular weight is 352 g/mol. The lowest BCUT2D eigenvalue weighted by atomic mass is 10.2. The molecule has 0 fully saturated rings. The molecular formula is C18H16N4O2S. The van der Waals surface area contributed by atoms with Crippen LogP contribution in [0.15, 0.2) is 47.5 Å². The molecule has 1 aliphatic carbocycles. The summed E-state index contributed by atoms with van der Waals surface area (Å²) in [6.45, 7) is -0.0641. The van der Waals surface area contributed by atoms with Crippen molar-refractivity contribution in [2.24, 2.45) is 0 Å². The van der Waals surface area contributed by atoms with Crippen molar-refractivity contribution in [3.05, 3.63) is 63.7 Å². The van der Waals surface area contributed by atoms with E-state index >= 15 is 0 Å². The minimum atomic E-state index is -0.309. The zero-order valence-electron chi connectivity index (χ0n) is 13.4. The molecule has 0 spiro atoms. The highest BCUT2D eigenvalue weighted by atomic mass is 32.1. The molecule has 1 aromatic carbocycles. The summed E-state index contributed by atoms with van der Waals surface area (Å²) in [7, 11) is 0. The third kappa shape index (κ3) is 3.36. The second kappa shape index (κ2) is 6.60. The van der Waals surface area contributed by atoms with Gasteiger partial charge in [-0.05, 0) is 19.3 Å². The third-order valence-electron chi connectivity index (χ3n) is 4.10. The van der Waals surface area contributed by atoms with Gasteiger partial charge < -0.3 is 9.88 Å². The zero-order chi connectivity index (χ0) is 17.2. The molecule has 0 unspecified atom stereocenters. The van der Waals surface area contributed by atoms with Crippen molar-refractivity contribution < 1.29 is 4.79 Å². The Balaban J connectivity index is 1.51. The van der Waals surface area contributed by atoms with Crippen LogP contribution in [-0.2, 0) is 24.2 Å². The molecule has 1 aliphatic rings. The molecule has 0 atom stereocenters. The summed E-state index contributed by atoms with van der Waals surface area (Å²) >= 11 is 1.52. The molecule has 7 heteroatoms. The number of thiazole rings is 1. The minimum absolute atomic E-state index is 0.0641. The van der Waals surface area contributed by atoms with Crippen molar-refractivity contribution in [2.75, 3.05) is 5.32 Å². The predicted octanol–water partition coefficient (Wildman–Crippen LogP) is 2.49. The van der Waals surface area contributed by atoms with Gasteiger partial charge in [0.05, 0.1) is 17.6 Å². The van der Waals surface area contributed by atoms with Crippen molar-refractivity contribution in [1.82, 2.24) is 14.5 Å². The number of anilines is 1. The first-order valence-corrected chi connectivity index (χ1v) is 8.91. The number of amides is 1. The van der Waals surface area contributed by atoms with Crippen LogP contribution in [0.4, 0.5) is 5.13 Å². The predicted molar refractivity (Wildman–Crippen MR) is 96.7 cm³/mol. The third-order valence-corrected chi connectivity index (χ3v) is 5.17. The average Bonchev–Trinajstić information content (AvgIpc) is 3.19. The molecule has 0 radical (unpaired) electrons. The molecule has 1 N–H and O–H groups in total. The number of carbonyl (C=O) groups is 1. The Morgan fingerprint density at radius 3 is 2.88 bits per heavy atom. The SMILES string of the molecule is O=C(Cn1cc(-c2ccccc2)ncc1=O)Nc1nc2c(s1)CCC2. The number of aromatic nitrogens is 3. The summed E-state index contributed by atoms with van der Waals surface area (Å²) in [6.07, 6.45) is 6.00. The Morgan fingerprint density at radius 2 is 2.08 bits per heavy atom. The normalized spacial score (nSPS) is 12.8. The summed E-state index contributed by atoms with van der Waals surface area (Å²) in [6, 6.07) is 9.54. The van der Waals surface area contributed by atoms with Gasteiger partial charge in [-0.3, -0.25) is 9.59 Å². The molecule has 25 heavy (non-hydrogen) atoms. The van der Waals surface area contributed by atoms with Crippen LogP contribution in [0, 0.1) is 0 Å². The molecule has 0 bridgehead atoms. The van der Waals surface area contributed by atoms with Gasteiger partial charge in [-0.15, -0.1) is 11.3 Å². The molecule has 3 aromatic rings. The smallest absolute Gasteiger partial charge is 0.269 e. The van der Waals surface area contributed by atoms with Crippen molar-refractivity contribution >= 4 is 22.4 Å². The van der Waals surface area contributed by atoms with Crippen molar-refractivity contribution in [1.29, 1.82) is 0 Å². The maximum absolute atomic E-state index is 12.3. The molecule has 4 rings (SSSR count). The molecule has 1 amide bonds. The first kappa shape index (κ1) is 15.7. The quantitative estimate of drug-likeness (QED) is 0.783. The van der Waals surface area contributed by atoms with Crippen LogP contribution in [0.3, 0.4) is 0 Å². The van der Waals surface area contributed by atoms with Gasteiger partial charge in [0.25, 0.3) is 5.56 Å². The summed E-state index contributed by atoms with van der Waals surface area (Å²) in [5.41, 5.74) is 2.33. The fourth-order valence-corrected chi connectivity index (χ4v) is 3.95. The monoisotopic (exact) mass is 352 g/mol. The zero-order valence-corrected chi connectivity index (χ0v) is 14.3. The van der Waals surface area contributed by atoms with Crippen LogP contribution in [0.2, 0.25) is 0 Å². The lowest BCUT2D eigenvalue weighted by molar-refractivity contribution is -0.116. The Labute approximate surface area is 148 Å². The van der Waals surface area contributed by atoms with Gasteiger partial charge in [-0.2, -0.15) is 0 Å². The van der Waals surface area contributed by atoms with Gasteiger partial charge >= 0.3 is 0 Å². The van der Waals surface area contributed by atoms with E-state index in [1.807, 2.05) is 30.3 Å². The van der Waals surface area contributed by atoms with Crippen LogP contribution in [-0.4, -0.2) is 20.4 Å². The van der Waals surface area contributed by atoms with Gasteiger partial charge in [-0.1, -0.05) is 30.3 Å². The summed E-state index contributed by atoms with van der Waals surface area (Å²) in [5, 5.41) is 3.41. The van der Waals surface area contributed by atoms with E-state index < -0.39 is 0 Å². The molecular weight excluding hydrogens is 336 g/mol. The Hall–Kier alpha value is -2.80. The number of hydrogen-bond acceptors (Lipinski definition) is 5. The summed E-state index contributed by atoms with van der Waals surface area (Å²) in [5.74, 6) is -0.264. The highest BCUT2D eigenvalue weighted by Crippen LogP contribution is 2.30. The standard InChI is InChI=1S/C18H16N4O2S/c23-16(21-18-20-13-7-4-8-15(13)25-18)11-22-10-14(19-9-17(22)24)12-5-2-1-3-6-12/h1-3,5-6,9-10H,4,7-8,11H2,(H,20,21,23). The van der Waals surface area contributed by atoms with Crippen LogP contribution in [0.1, 0.15) is 17.0 Å². The van der Waals surface area contributed by atoms with E-state index in [0.717, 1.165) is 30.5 Å². The molecule has 0 saturated carbocycles. The number of nitrogens with one attached hydrogen (secondary N) is 1. The highest BCUT2D eigenvalue weighted by molar-refractivity contribution is 7.15. The number of rotatable bonds is 4. The van der Waals surface area contributed by atoms with E-state index in [0.29, 0.717) is 10.8 Å². The molecule has 2 heterocycles. The van der Waals surface area contributed by atoms with Crippen molar-refractivity contribution in [3.63, 3.8) is 0 Å². The maximum atomic E-state index is 12.3. The minimum Gasteiger partial charge on any atom is -0.303 e. The van der Waals surface area contributed by atoms with E-state index in [2.05, 4.69) is 15.3 Å². The van der Waals surface area contributed by atoms with Crippen LogP contribution >= 0.6 is 11.3 Å². The summed E-state index contributed by atoms with van der Waals surface area (Å²) in [4.78, 5) is 34.2. The van der Waals surface area contributed by atoms with Crippen LogP contribution in [0.5, 0.6) is 0 Å². The first-order chi connectivity index (χ1) is 12.2. The maximum Gasteiger partial charge on any atom is 0.269 e. The van der Waals surface area contributed by atoms with Gasteiger partial charge in [-0.25, -0.2) is 9.97 Å². The van der Waals surface area contributed by atoms with E-state index in [1.165, 1.54) is 27.0 Å². The van der Waals surface area contributed by atoms with Gasteiger partial charge in [0.1, 0.15) is 6.54 Å². The molecule has 126 valence electrons. The fourth-order valence-electron chi connectivity index (χ4n) is 2.88. The van der Waals surface area contributed by atoms with Gasteiger partial charge in [0.15, 0.2) is 5.13 Å². The number of benzene rings is 1. The van der Waals surface area contributed by atoms with E-state index in [9.17, 15) is 9.59 Å². The Morgan fingerprint density at radius 1 is 1.24 bits per heavy atom.